The number of quaternary nitrogens is 1. The van der Waals surface area contributed by atoms with Crippen LogP contribution in [0.1, 0.15) is 0 Å². The van der Waals surface area contributed by atoms with Crippen LogP contribution >= 0.6 is 32.3 Å². The summed E-state index contributed by atoms with van der Waals surface area (Å²) in [6, 6.07) is -0.783. The third-order valence-corrected chi connectivity index (χ3v) is 2.25. The van der Waals surface area contributed by atoms with E-state index in [0.717, 1.165) is 0 Å². The maximum absolute atomic E-state index is 10.9. The third-order valence-electron chi connectivity index (χ3n) is 0.998. The first-order valence-electron chi connectivity index (χ1n) is 2.42. The molecule has 0 radical (unpaired) electrons. The number of aliphatic imine (C=N–C) groups is 1. The van der Waals surface area contributed by atoms with Gasteiger partial charge in [-0.25, -0.2) is 9.59 Å². The SMILES string of the molecule is O=C1C=NC(=O)[N+](Br)(Br)C1=O. The summed E-state index contributed by atoms with van der Waals surface area (Å²) in [5, 5.41) is 0. The molecular weight excluding hydrogens is 284 g/mol. The molecule has 0 saturated carbocycles. The summed E-state index contributed by atoms with van der Waals surface area (Å²) in [6.45, 7) is 0. The molecule has 0 bridgehead atoms. The molecule has 1 aliphatic rings. The number of carbonyl (C=O) groups excluding carboxylic acids is 3. The van der Waals surface area contributed by atoms with Crippen LogP contribution in [0.15, 0.2) is 4.99 Å². The number of nitrogens with zero attached hydrogens (tertiary/aromatic N) is 2. The van der Waals surface area contributed by atoms with E-state index in [4.69, 9.17) is 0 Å². The van der Waals surface area contributed by atoms with E-state index in [-0.39, 0.29) is 0 Å². The summed E-state index contributed by atoms with van der Waals surface area (Å²) < 4.78 is -0.991. The maximum atomic E-state index is 10.9. The Hall–Kier alpha value is -0.400. The van der Waals surface area contributed by atoms with Crippen LogP contribution in [-0.2, 0) is 9.59 Å². The molecule has 0 fully saturated rings. The second-order valence-electron chi connectivity index (χ2n) is 1.72. The molecule has 5 nitrogen and oxygen atoms in total. The molecule has 7 heteroatoms. The Labute approximate surface area is 78.3 Å². The van der Waals surface area contributed by atoms with Crippen molar-refractivity contribution in [2.45, 2.75) is 0 Å². The summed E-state index contributed by atoms with van der Waals surface area (Å²) in [5.41, 5.74) is 0. The number of hydrogen-bond donors (Lipinski definition) is 0. The number of hydrogen-bond acceptors (Lipinski definition) is 3. The summed E-state index contributed by atoms with van der Waals surface area (Å²) in [4.78, 5) is 35.4. The van der Waals surface area contributed by atoms with Crippen molar-refractivity contribution in [2.24, 2.45) is 4.99 Å². The zero-order valence-corrected chi connectivity index (χ0v) is 8.12. The molecular formula is C4HBr2N2O3+. The number of amides is 3. The molecule has 0 N–H and O–H groups in total. The minimum Gasteiger partial charge on any atom is -0.277 e. The van der Waals surface area contributed by atoms with Crippen LogP contribution in [0.4, 0.5) is 4.79 Å². The van der Waals surface area contributed by atoms with Crippen LogP contribution < -0.4 is 0 Å². The van der Waals surface area contributed by atoms with Gasteiger partial charge in [0, 0.05) is 0 Å². The van der Waals surface area contributed by atoms with E-state index in [9.17, 15) is 14.4 Å². The van der Waals surface area contributed by atoms with E-state index < -0.39 is 20.3 Å². The van der Waals surface area contributed by atoms with E-state index >= 15 is 0 Å². The zero-order chi connectivity index (χ0) is 8.65. The smallest absolute Gasteiger partial charge is 0.277 e. The number of imide groups is 1. The van der Waals surface area contributed by atoms with Gasteiger partial charge < -0.3 is 0 Å². The summed E-state index contributed by atoms with van der Waals surface area (Å²) >= 11 is 5.37. The standard InChI is InChI=1S/C4HBr2N2O3/c5-8(6)3(10)2(9)1-7-4(8)11/h1H/q+1. The Morgan fingerprint density at radius 3 is 2.27 bits per heavy atom. The largest absolute Gasteiger partial charge is 0.471 e. The van der Waals surface area contributed by atoms with Gasteiger partial charge in [-0.2, -0.15) is 4.99 Å². The summed E-state index contributed by atoms with van der Waals surface area (Å²) in [6.07, 6.45) is 0.698. The van der Waals surface area contributed by atoms with Gasteiger partial charge in [-0.1, -0.05) is 0 Å². The van der Waals surface area contributed by atoms with Gasteiger partial charge in [0.2, 0.25) is 0 Å². The highest BCUT2D eigenvalue weighted by Crippen LogP contribution is 2.27. The van der Waals surface area contributed by atoms with Crippen LogP contribution in [0.5, 0.6) is 0 Å². The average molecular weight is 285 g/mol. The molecule has 0 atom stereocenters. The molecule has 0 unspecified atom stereocenters. The van der Waals surface area contributed by atoms with Gasteiger partial charge in [0.15, 0.2) is 0 Å². The predicted octanol–water partition coefficient (Wildman–Crippen LogP) is 0.723. The van der Waals surface area contributed by atoms with Gasteiger partial charge >= 0.3 is 17.7 Å². The topological polar surface area (TPSA) is 63.6 Å². The fraction of sp³-hybridized carbons (Fsp3) is 0. The first kappa shape index (κ1) is 8.69. The number of ketones is 1. The molecule has 0 aromatic carbocycles. The lowest BCUT2D eigenvalue weighted by Gasteiger charge is -2.12. The van der Waals surface area contributed by atoms with Crippen molar-refractivity contribution in [2.75, 3.05) is 0 Å². The Balaban J connectivity index is 3.18. The van der Waals surface area contributed by atoms with Crippen molar-refractivity contribution in [1.82, 2.24) is 0 Å². The molecule has 0 aliphatic carbocycles. The number of carbonyl (C=O) groups is 3. The van der Waals surface area contributed by atoms with Gasteiger partial charge in [-0.05, 0) is 2.54 Å². The minimum atomic E-state index is -0.991. The molecule has 0 spiro atoms. The van der Waals surface area contributed by atoms with E-state index in [1.54, 1.807) is 0 Å². The normalized spacial score (nSPS) is 22.5. The highest BCUT2D eigenvalue weighted by molar-refractivity contribution is 9.17. The minimum absolute atomic E-state index is 0.698. The first-order chi connectivity index (χ1) is 4.96. The van der Waals surface area contributed by atoms with Crippen LogP contribution in [-0.4, -0.2) is 26.5 Å². The molecule has 3 amide bonds. The molecule has 1 rings (SSSR count). The van der Waals surface area contributed by atoms with Crippen molar-refractivity contribution in [1.29, 1.82) is 0 Å². The Bertz CT molecular complexity index is 283. The predicted molar refractivity (Wildman–Crippen MR) is 42.0 cm³/mol. The van der Waals surface area contributed by atoms with Crippen LogP contribution in [0.25, 0.3) is 0 Å². The van der Waals surface area contributed by atoms with Crippen LogP contribution in [0.3, 0.4) is 0 Å². The lowest BCUT2D eigenvalue weighted by Crippen LogP contribution is -2.46. The number of halogens is 2. The lowest BCUT2D eigenvalue weighted by molar-refractivity contribution is -0.427. The Kier molecular flexibility index (Phi) is 2.04. The van der Waals surface area contributed by atoms with Crippen LogP contribution in [0, 0.1) is 0 Å². The fourth-order valence-electron chi connectivity index (χ4n) is 0.467. The molecule has 11 heavy (non-hydrogen) atoms. The van der Waals surface area contributed by atoms with Crippen molar-refractivity contribution >= 4 is 56.2 Å². The first-order valence-corrected chi connectivity index (χ1v) is 3.84. The second kappa shape index (κ2) is 2.58. The Morgan fingerprint density at radius 2 is 1.82 bits per heavy atom. The third kappa shape index (κ3) is 1.31. The molecule has 1 aliphatic heterocycles. The van der Waals surface area contributed by atoms with E-state index in [1.807, 2.05) is 0 Å². The van der Waals surface area contributed by atoms with E-state index in [0.29, 0.717) is 6.21 Å². The van der Waals surface area contributed by atoms with Crippen molar-refractivity contribution in [3.05, 3.63) is 0 Å². The van der Waals surface area contributed by atoms with Gasteiger partial charge in [0.25, 0.3) is 32.3 Å². The average Bonchev–Trinajstić information content (AvgIpc) is 1.95. The molecule has 1 heterocycles. The maximum Gasteiger partial charge on any atom is 0.471 e. The van der Waals surface area contributed by atoms with E-state index in [1.165, 1.54) is 0 Å². The van der Waals surface area contributed by atoms with Crippen LogP contribution in [0.2, 0.25) is 0 Å². The van der Waals surface area contributed by atoms with E-state index in [2.05, 4.69) is 37.3 Å². The van der Waals surface area contributed by atoms with Gasteiger partial charge in [-0.15, -0.1) is 0 Å². The van der Waals surface area contributed by atoms with Gasteiger partial charge in [0.05, 0.1) is 6.21 Å². The number of rotatable bonds is 0. The molecule has 0 aromatic heterocycles. The van der Waals surface area contributed by atoms with Crippen molar-refractivity contribution < 1.29 is 16.9 Å². The quantitative estimate of drug-likeness (QED) is 0.486. The summed E-state index contributed by atoms with van der Waals surface area (Å²) in [5.74, 6) is -1.73. The number of urea groups is 1. The Morgan fingerprint density at radius 1 is 1.27 bits per heavy atom. The zero-order valence-electron chi connectivity index (χ0n) is 4.95. The number of Topliss-reactive ketones (excluding diaryl/α,β-unsaturated/α-hetero) is 1. The molecule has 58 valence electrons. The molecule has 0 aromatic rings. The highest BCUT2D eigenvalue weighted by atomic mass is 79.9. The van der Waals surface area contributed by atoms with Crippen molar-refractivity contribution in [3.63, 3.8) is 0 Å². The molecule has 0 saturated heterocycles. The fourth-order valence-corrected chi connectivity index (χ4v) is 1.000. The van der Waals surface area contributed by atoms with Gasteiger partial charge in [-0.3, -0.25) is 4.79 Å². The monoisotopic (exact) mass is 283 g/mol. The van der Waals surface area contributed by atoms with Gasteiger partial charge in [0.1, 0.15) is 0 Å². The second-order valence-corrected chi connectivity index (χ2v) is 4.80. The highest BCUT2D eigenvalue weighted by Gasteiger charge is 2.49. The summed E-state index contributed by atoms with van der Waals surface area (Å²) in [7, 11) is 0. The lowest BCUT2D eigenvalue weighted by atomic mass is 10.4. The van der Waals surface area contributed by atoms with Crippen molar-refractivity contribution in [3.8, 4) is 0 Å².